The normalized spacial score (nSPS) is 10.2. The first-order chi connectivity index (χ1) is 6.06. The molecule has 0 aliphatic carbocycles. The zero-order valence-corrected chi connectivity index (χ0v) is 9.20. The van der Waals surface area contributed by atoms with E-state index in [-0.39, 0.29) is 20.4 Å². The molecule has 13 heavy (non-hydrogen) atoms. The SMILES string of the molecule is CON(C)C(=O)c1sc(Cl)nc1Cl. The van der Waals surface area contributed by atoms with Gasteiger partial charge in [0.05, 0.1) is 7.11 Å². The van der Waals surface area contributed by atoms with E-state index < -0.39 is 0 Å². The lowest BCUT2D eigenvalue weighted by molar-refractivity contribution is -0.0753. The monoisotopic (exact) mass is 240 g/mol. The van der Waals surface area contributed by atoms with Gasteiger partial charge < -0.3 is 0 Å². The number of rotatable bonds is 2. The number of carbonyl (C=O) groups is 1. The van der Waals surface area contributed by atoms with Crippen molar-refractivity contribution in [1.82, 2.24) is 10.0 Å². The molecule has 0 aliphatic rings. The molecule has 1 aromatic heterocycles. The fourth-order valence-corrected chi connectivity index (χ4v) is 1.98. The van der Waals surface area contributed by atoms with Crippen molar-refractivity contribution < 1.29 is 9.63 Å². The third-order valence-corrected chi connectivity index (χ3v) is 2.85. The second kappa shape index (κ2) is 4.23. The van der Waals surface area contributed by atoms with Gasteiger partial charge in [0.15, 0.2) is 9.62 Å². The molecule has 0 atom stereocenters. The van der Waals surface area contributed by atoms with E-state index in [0.717, 1.165) is 16.4 Å². The van der Waals surface area contributed by atoms with Crippen molar-refractivity contribution in [1.29, 1.82) is 0 Å². The van der Waals surface area contributed by atoms with Crippen LogP contribution in [0, 0.1) is 0 Å². The van der Waals surface area contributed by atoms with E-state index in [1.165, 1.54) is 14.2 Å². The summed E-state index contributed by atoms with van der Waals surface area (Å²) in [7, 11) is 2.86. The summed E-state index contributed by atoms with van der Waals surface area (Å²) >= 11 is 12.2. The molecule has 0 aliphatic heterocycles. The third kappa shape index (κ3) is 2.31. The number of hydroxylamine groups is 2. The van der Waals surface area contributed by atoms with Gasteiger partial charge in [-0.05, 0) is 0 Å². The largest absolute Gasteiger partial charge is 0.290 e. The number of nitrogens with zero attached hydrogens (tertiary/aromatic N) is 2. The highest BCUT2D eigenvalue weighted by molar-refractivity contribution is 7.18. The number of carbonyl (C=O) groups excluding carboxylic acids is 1. The molecular formula is C6H6Cl2N2O2S. The Hall–Kier alpha value is -0.360. The maximum absolute atomic E-state index is 11.4. The van der Waals surface area contributed by atoms with E-state index in [1.54, 1.807) is 0 Å². The summed E-state index contributed by atoms with van der Waals surface area (Å²) in [6.07, 6.45) is 0. The summed E-state index contributed by atoms with van der Waals surface area (Å²) in [6.45, 7) is 0. The molecule has 0 radical (unpaired) electrons. The first-order valence-corrected chi connectivity index (χ1v) is 4.77. The highest BCUT2D eigenvalue weighted by Gasteiger charge is 2.19. The van der Waals surface area contributed by atoms with Crippen LogP contribution in [0.15, 0.2) is 0 Å². The molecule has 1 amide bonds. The average molecular weight is 241 g/mol. The first-order valence-electron chi connectivity index (χ1n) is 3.20. The molecule has 0 N–H and O–H groups in total. The molecule has 1 aromatic rings. The highest BCUT2D eigenvalue weighted by Crippen LogP contribution is 2.27. The molecule has 1 heterocycles. The van der Waals surface area contributed by atoms with Gasteiger partial charge in [-0.3, -0.25) is 9.63 Å². The van der Waals surface area contributed by atoms with Crippen molar-refractivity contribution in [2.45, 2.75) is 0 Å². The van der Waals surface area contributed by atoms with Crippen LogP contribution in [0.5, 0.6) is 0 Å². The Kier molecular flexibility index (Phi) is 3.49. The van der Waals surface area contributed by atoms with Gasteiger partial charge in [0.2, 0.25) is 0 Å². The number of aromatic nitrogens is 1. The Morgan fingerprint density at radius 2 is 2.23 bits per heavy atom. The van der Waals surface area contributed by atoms with Crippen molar-refractivity contribution in [2.24, 2.45) is 0 Å². The molecule has 0 aromatic carbocycles. The highest BCUT2D eigenvalue weighted by atomic mass is 35.5. The number of thiazole rings is 1. The van der Waals surface area contributed by atoms with Gasteiger partial charge in [-0.25, -0.2) is 10.0 Å². The van der Waals surface area contributed by atoms with Gasteiger partial charge in [-0.15, -0.1) is 0 Å². The summed E-state index contributed by atoms with van der Waals surface area (Å²) in [6, 6.07) is 0. The Morgan fingerprint density at radius 1 is 1.62 bits per heavy atom. The van der Waals surface area contributed by atoms with Gasteiger partial charge in [0.25, 0.3) is 5.91 Å². The molecule has 7 heteroatoms. The van der Waals surface area contributed by atoms with Gasteiger partial charge >= 0.3 is 0 Å². The molecular weight excluding hydrogens is 235 g/mol. The summed E-state index contributed by atoms with van der Waals surface area (Å²) in [4.78, 5) is 20.1. The fourth-order valence-electron chi connectivity index (χ4n) is 0.635. The second-order valence-corrected chi connectivity index (χ2v) is 4.01. The van der Waals surface area contributed by atoms with Gasteiger partial charge in [-0.1, -0.05) is 34.5 Å². The Bertz CT molecular complexity index is 328. The maximum Gasteiger partial charge on any atom is 0.290 e. The molecule has 72 valence electrons. The van der Waals surface area contributed by atoms with Crippen LogP contribution in [0.25, 0.3) is 0 Å². The van der Waals surface area contributed by atoms with Crippen LogP contribution in [-0.2, 0) is 4.84 Å². The zero-order chi connectivity index (χ0) is 10.0. The van der Waals surface area contributed by atoms with Crippen molar-refractivity contribution in [2.75, 3.05) is 14.2 Å². The minimum absolute atomic E-state index is 0.101. The maximum atomic E-state index is 11.4. The topological polar surface area (TPSA) is 42.4 Å². The Morgan fingerprint density at radius 3 is 2.62 bits per heavy atom. The summed E-state index contributed by atoms with van der Waals surface area (Å²) in [5, 5.41) is 1.15. The molecule has 0 spiro atoms. The quantitative estimate of drug-likeness (QED) is 0.744. The molecule has 0 unspecified atom stereocenters. The molecule has 0 saturated carbocycles. The van der Waals surface area contributed by atoms with Crippen molar-refractivity contribution in [3.63, 3.8) is 0 Å². The molecule has 4 nitrogen and oxygen atoms in total. The second-order valence-electron chi connectivity index (χ2n) is 2.07. The van der Waals surface area contributed by atoms with E-state index in [4.69, 9.17) is 28.0 Å². The van der Waals surface area contributed by atoms with Crippen LogP contribution < -0.4 is 0 Å². The molecule has 0 fully saturated rings. The number of hydrogen-bond acceptors (Lipinski definition) is 4. The third-order valence-electron chi connectivity index (χ3n) is 1.31. The molecule has 0 bridgehead atoms. The van der Waals surface area contributed by atoms with Crippen molar-refractivity contribution in [3.8, 4) is 0 Å². The lowest BCUT2D eigenvalue weighted by Crippen LogP contribution is -2.24. The van der Waals surface area contributed by atoms with E-state index in [1.807, 2.05) is 0 Å². The van der Waals surface area contributed by atoms with E-state index in [9.17, 15) is 4.79 Å². The first kappa shape index (κ1) is 10.7. The van der Waals surface area contributed by atoms with Crippen molar-refractivity contribution in [3.05, 3.63) is 14.5 Å². The molecule has 1 rings (SSSR count). The van der Waals surface area contributed by atoms with Gasteiger partial charge in [0.1, 0.15) is 4.88 Å². The smallest absolute Gasteiger partial charge is 0.274 e. The average Bonchev–Trinajstić information content (AvgIpc) is 2.42. The summed E-state index contributed by atoms with van der Waals surface area (Å²) in [5.41, 5.74) is 0. The minimum Gasteiger partial charge on any atom is -0.274 e. The van der Waals surface area contributed by atoms with E-state index in [2.05, 4.69) is 4.98 Å². The van der Waals surface area contributed by atoms with E-state index in [0.29, 0.717) is 0 Å². The van der Waals surface area contributed by atoms with Crippen LogP contribution in [-0.4, -0.2) is 30.1 Å². The Labute approximate surface area is 89.0 Å². The predicted molar refractivity (Wildman–Crippen MR) is 51.2 cm³/mol. The summed E-state index contributed by atoms with van der Waals surface area (Å²) in [5.74, 6) is -0.364. The fraction of sp³-hybridized carbons (Fsp3) is 0.333. The van der Waals surface area contributed by atoms with Crippen LogP contribution >= 0.6 is 34.5 Å². The lowest BCUT2D eigenvalue weighted by Gasteiger charge is -2.11. The lowest BCUT2D eigenvalue weighted by atomic mass is 10.5. The number of halogens is 2. The number of hydrogen-bond donors (Lipinski definition) is 0. The zero-order valence-electron chi connectivity index (χ0n) is 6.88. The van der Waals surface area contributed by atoms with Gasteiger partial charge in [-0.2, -0.15) is 0 Å². The van der Waals surface area contributed by atoms with Crippen LogP contribution in [0.2, 0.25) is 9.62 Å². The Balaban J connectivity index is 2.94. The minimum atomic E-state index is -0.364. The standard InChI is InChI=1S/C6H6Cl2N2O2S/c1-10(12-2)5(11)3-4(7)9-6(8)13-3/h1-2H3. The van der Waals surface area contributed by atoms with Gasteiger partial charge in [0, 0.05) is 7.05 Å². The van der Waals surface area contributed by atoms with Crippen LogP contribution in [0.1, 0.15) is 9.67 Å². The molecule has 0 saturated heterocycles. The predicted octanol–water partition coefficient (Wildman–Crippen LogP) is 2.08. The van der Waals surface area contributed by atoms with Crippen LogP contribution in [0.4, 0.5) is 0 Å². The van der Waals surface area contributed by atoms with Crippen LogP contribution in [0.3, 0.4) is 0 Å². The summed E-state index contributed by atoms with van der Waals surface area (Å²) < 4.78 is 0.234. The van der Waals surface area contributed by atoms with E-state index >= 15 is 0 Å². The number of amides is 1. The van der Waals surface area contributed by atoms with Crippen molar-refractivity contribution >= 4 is 40.4 Å².